The maximum Gasteiger partial charge on any atom is 0.261 e. The summed E-state index contributed by atoms with van der Waals surface area (Å²) in [6.07, 6.45) is 3.18. The molecule has 1 N–H and O–H groups in total. The number of hydrogen-bond acceptors (Lipinski definition) is 3. The largest absolute Gasteiger partial charge is 0.457 e. The highest BCUT2D eigenvalue weighted by atomic mass is 16.6. The number of ether oxygens (including phenoxy) is 1. The Hall–Kier alpha value is -1.09. The minimum Gasteiger partial charge on any atom is -0.457 e. The molecule has 1 aliphatic rings. The second kappa shape index (κ2) is 3.54. The zero-order valence-corrected chi connectivity index (χ0v) is 7.20. The van der Waals surface area contributed by atoms with Gasteiger partial charge in [-0.1, -0.05) is 13.0 Å². The van der Waals surface area contributed by atoms with E-state index < -0.39 is 6.29 Å². The molecular weight excluding hydrogens is 156 g/mol. The number of aliphatic hydroxyl groups is 1. The minimum absolute atomic E-state index is 0.342. The van der Waals surface area contributed by atoms with Crippen LogP contribution in [0, 0.1) is 0 Å². The molecule has 12 heavy (non-hydrogen) atoms. The Morgan fingerprint density at radius 3 is 2.75 bits per heavy atom. The lowest BCUT2D eigenvalue weighted by atomic mass is 10.2. The maximum absolute atomic E-state index is 11.0. The van der Waals surface area contributed by atoms with Crippen molar-refractivity contribution in [2.45, 2.75) is 26.6 Å². The molecule has 1 rings (SSSR count). The third kappa shape index (κ3) is 1.56. The molecule has 0 aromatic carbocycles. The highest BCUT2D eigenvalue weighted by Gasteiger charge is 2.28. The van der Waals surface area contributed by atoms with Crippen LogP contribution in [-0.2, 0) is 9.53 Å². The summed E-state index contributed by atoms with van der Waals surface area (Å²) < 4.78 is 4.89. The molecule has 3 heteroatoms. The fraction of sp³-hybridized carbons (Fsp3) is 0.444. The summed E-state index contributed by atoms with van der Waals surface area (Å²) in [7, 11) is 0. The SMILES string of the molecule is CCC=CC1=C(C)C(=O)C(O)O1. The van der Waals surface area contributed by atoms with E-state index in [1.165, 1.54) is 0 Å². The standard InChI is InChI=1S/C9H12O3/c1-3-4-5-7-6(2)8(10)9(11)12-7/h4-5,9,11H,3H2,1-2H3. The first kappa shape index (κ1) is 9.00. The van der Waals surface area contributed by atoms with Crippen molar-refractivity contribution >= 4 is 5.78 Å². The van der Waals surface area contributed by atoms with Crippen LogP contribution in [0.25, 0.3) is 0 Å². The molecule has 1 aliphatic heterocycles. The summed E-state index contributed by atoms with van der Waals surface area (Å²) in [5.41, 5.74) is 0.493. The lowest BCUT2D eigenvalue weighted by Gasteiger charge is -2.00. The molecule has 1 unspecified atom stereocenters. The monoisotopic (exact) mass is 168 g/mol. The van der Waals surface area contributed by atoms with Crippen LogP contribution in [0.3, 0.4) is 0 Å². The van der Waals surface area contributed by atoms with E-state index in [2.05, 4.69) is 0 Å². The summed E-state index contributed by atoms with van der Waals surface area (Å²) in [4.78, 5) is 11.0. The number of aliphatic hydroxyl groups excluding tert-OH is 1. The number of carbonyl (C=O) groups is 1. The zero-order chi connectivity index (χ0) is 9.14. The smallest absolute Gasteiger partial charge is 0.261 e. The highest BCUT2D eigenvalue weighted by Crippen LogP contribution is 2.20. The van der Waals surface area contributed by atoms with E-state index in [9.17, 15) is 4.79 Å². The molecule has 0 saturated heterocycles. The van der Waals surface area contributed by atoms with Crippen molar-refractivity contribution in [3.8, 4) is 0 Å². The van der Waals surface area contributed by atoms with Crippen LogP contribution in [0.15, 0.2) is 23.5 Å². The van der Waals surface area contributed by atoms with Crippen LogP contribution in [-0.4, -0.2) is 17.2 Å². The van der Waals surface area contributed by atoms with Gasteiger partial charge in [-0.3, -0.25) is 4.79 Å². The Morgan fingerprint density at radius 1 is 1.67 bits per heavy atom. The van der Waals surface area contributed by atoms with Gasteiger partial charge in [0.25, 0.3) is 6.29 Å². The van der Waals surface area contributed by atoms with Gasteiger partial charge in [0, 0.05) is 5.57 Å². The number of ketones is 1. The summed E-state index contributed by atoms with van der Waals surface area (Å²) in [6.45, 7) is 3.63. The molecule has 0 saturated carbocycles. The summed E-state index contributed by atoms with van der Waals surface area (Å²) in [5, 5.41) is 8.99. The lowest BCUT2D eigenvalue weighted by molar-refractivity contribution is -0.137. The number of carbonyl (C=O) groups excluding carboxylic acids is 1. The molecule has 0 aliphatic carbocycles. The first-order valence-electron chi connectivity index (χ1n) is 3.93. The van der Waals surface area contributed by atoms with Crippen LogP contribution in [0.5, 0.6) is 0 Å². The molecule has 0 amide bonds. The minimum atomic E-state index is -1.29. The maximum atomic E-state index is 11.0. The fourth-order valence-corrected chi connectivity index (χ4v) is 0.958. The molecule has 3 nitrogen and oxygen atoms in total. The average molecular weight is 168 g/mol. The van der Waals surface area contributed by atoms with Gasteiger partial charge in [0.05, 0.1) is 0 Å². The molecule has 0 aromatic rings. The summed E-state index contributed by atoms with van der Waals surface area (Å²) >= 11 is 0. The van der Waals surface area contributed by atoms with Gasteiger partial charge >= 0.3 is 0 Å². The van der Waals surface area contributed by atoms with E-state index in [-0.39, 0.29) is 5.78 Å². The van der Waals surface area contributed by atoms with Crippen LogP contribution < -0.4 is 0 Å². The Morgan fingerprint density at radius 2 is 2.33 bits per heavy atom. The van der Waals surface area contributed by atoms with Crippen molar-refractivity contribution < 1.29 is 14.6 Å². The van der Waals surface area contributed by atoms with Gasteiger partial charge in [-0.15, -0.1) is 0 Å². The molecule has 0 aromatic heterocycles. The van der Waals surface area contributed by atoms with Gasteiger partial charge in [-0.25, -0.2) is 0 Å². The molecule has 66 valence electrons. The van der Waals surface area contributed by atoms with Gasteiger partial charge in [-0.05, 0) is 19.4 Å². The van der Waals surface area contributed by atoms with Gasteiger partial charge in [0.15, 0.2) is 0 Å². The summed E-state index contributed by atoms with van der Waals surface area (Å²) in [6, 6.07) is 0. The molecule has 0 bridgehead atoms. The summed E-state index contributed by atoms with van der Waals surface area (Å²) in [5.74, 6) is 0.139. The van der Waals surface area contributed by atoms with E-state index in [1.807, 2.05) is 13.0 Å². The van der Waals surface area contributed by atoms with E-state index >= 15 is 0 Å². The molecular formula is C9H12O3. The third-order valence-electron chi connectivity index (χ3n) is 1.71. The van der Waals surface area contributed by atoms with Crippen LogP contribution in [0.4, 0.5) is 0 Å². The number of Topliss-reactive ketones (excluding diaryl/α,β-unsaturated/α-hetero) is 1. The van der Waals surface area contributed by atoms with Crippen LogP contribution in [0.2, 0.25) is 0 Å². The van der Waals surface area contributed by atoms with Crippen molar-refractivity contribution in [3.05, 3.63) is 23.5 Å². The van der Waals surface area contributed by atoms with Crippen molar-refractivity contribution in [3.63, 3.8) is 0 Å². The first-order valence-corrected chi connectivity index (χ1v) is 3.93. The van der Waals surface area contributed by atoms with E-state index in [0.29, 0.717) is 11.3 Å². The zero-order valence-electron chi connectivity index (χ0n) is 7.20. The van der Waals surface area contributed by atoms with Crippen molar-refractivity contribution in [2.75, 3.05) is 0 Å². The molecule has 0 radical (unpaired) electrons. The van der Waals surface area contributed by atoms with Crippen molar-refractivity contribution in [1.29, 1.82) is 0 Å². The second-order valence-electron chi connectivity index (χ2n) is 2.63. The number of allylic oxidation sites excluding steroid dienone is 2. The quantitative estimate of drug-likeness (QED) is 0.672. The van der Waals surface area contributed by atoms with E-state index in [4.69, 9.17) is 9.84 Å². The van der Waals surface area contributed by atoms with Crippen molar-refractivity contribution in [2.24, 2.45) is 0 Å². The second-order valence-corrected chi connectivity index (χ2v) is 2.63. The molecule has 1 atom stereocenters. The third-order valence-corrected chi connectivity index (χ3v) is 1.71. The Labute approximate surface area is 71.3 Å². The molecule has 1 heterocycles. The molecule has 0 spiro atoms. The average Bonchev–Trinajstić information content (AvgIpc) is 2.30. The predicted molar refractivity (Wildman–Crippen MR) is 44.2 cm³/mol. The van der Waals surface area contributed by atoms with Gasteiger partial charge in [0.1, 0.15) is 5.76 Å². The number of rotatable bonds is 2. The normalized spacial score (nSPS) is 23.9. The Balaban J connectivity index is 2.78. The predicted octanol–water partition coefficient (Wildman–Crippen LogP) is 1.14. The Bertz CT molecular complexity index is 250. The van der Waals surface area contributed by atoms with Crippen LogP contribution >= 0.6 is 0 Å². The fourth-order valence-electron chi connectivity index (χ4n) is 0.958. The van der Waals surface area contributed by atoms with Gasteiger partial charge < -0.3 is 9.84 Å². The lowest BCUT2D eigenvalue weighted by Crippen LogP contribution is -2.15. The van der Waals surface area contributed by atoms with Crippen molar-refractivity contribution in [1.82, 2.24) is 0 Å². The Kier molecular flexibility index (Phi) is 2.65. The van der Waals surface area contributed by atoms with E-state index in [1.54, 1.807) is 13.0 Å². The van der Waals surface area contributed by atoms with Crippen LogP contribution in [0.1, 0.15) is 20.3 Å². The topological polar surface area (TPSA) is 46.5 Å². The van der Waals surface area contributed by atoms with E-state index in [0.717, 1.165) is 6.42 Å². The highest BCUT2D eigenvalue weighted by molar-refractivity contribution is 6.00. The molecule has 0 fully saturated rings. The van der Waals surface area contributed by atoms with Gasteiger partial charge in [-0.2, -0.15) is 0 Å². The van der Waals surface area contributed by atoms with Gasteiger partial charge in [0.2, 0.25) is 5.78 Å². The number of hydrogen-bond donors (Lipinski definition) is 1. The first-order chi connectivity index (χ1) is 5.66.